The maximum atomic E-state index is 11.9. The van der Waals surface area contributed by atoms with E-state index in [1.54, 1.807) is 11.3 Å². The molecule has 5 heteroatoms. The van der Waals surface area contributed by atoms with Gasteiger partial charge in [0, 0.05) is 17.7 Å². The Morgan fingerprint density at radius 2 is 2.00 bits per heavy atom. The summed E-state index contributed by atoms with van der Waals surface area (Å²) in [6, 6.07) is 18.0. The molecule has 2 aromatic heterocycles. The maximum absolute atomic E-state index is 11.9. The molecule has 25 heavy (non-hydrogen) atoms. The van der Waals surface area contributed by atoms with Gasteiger partial charge in [-0.2, -0.15) is 5.26 Å². The normalized spacial score (nSPS) is 12.3. The van der Waals surface area contributed by atoms with Crippen molar-refractivity contribution >= 4 is 32.3 Å². The summed E-state index contributed by atoms with van der Waals surface area (Å²) < 4.78 is 3.33. The molecular weight excluding hydrogens is 330 g/mol. The predicted molar refractivity (Wildman–Crippen MR) is 99.7 cm³/mol. The van der Waals surface area contributed by atoms with E-state index in [-0.39, 0.29) is 18.1 Å². The summed E-state index contributed by atoms with van der Waals surface area (Å²) in [5.74, 6) is -0.313. The van der Waals surface area contributed by atoms with Crippen molar-refractivity contribution in [3.63, 3.8) is 0 Å². The van der Waals surface area contributed by atoms with Gasteiger partial charge >= 0.3 is 0 Å². The number of ketones is 1. The number of hydrogen-bond donors (Lipinski definition) is 0. The Bertz CT molecular complexity index is 1120. The third kappa shape index (κ3) is 2.71. The number of nitriles is 1. The molecule has 2 heterocycles. The zero-order valence-electron chi connectivity index (χ0n) is 13.6. The number of rotatable bonds is 4. The van der Waals surface area contributed by atoms with Gasteiger partial charge in [0.15, 0.2) is 10.7 Å². The first kappa shape index (κ1) is 15.6. The molecule has 0 radical (unpaired) electrons. The Balaban J connectivity index is 1.67. The first-order valence-electron chi connectivity index (χ1n) is 8.04. The number of aromatic nitrogens is 2. The van der Waals surface area contributed by atoms with Crippen molar-refractivity contribution in [2.75, 3.05) is 0 Å². The number of Topliss-reactive ketones (excluding diaryl/α,β-unsaturated/α-hetero) is 1. The van der Waals surface area contributed by atoms with Crippen LogP contribution in [0.3, 0.4) is 0 Å². The van der Waals surface area contributed by atoms with Gasteiger partial charge in [-0.25, -0.2) is 4.98 Å². The van der Waals surface area contributed by atoms with Crippen LogP contribution in [0.1, 0.15) is 24.8 Å². The lowest BCUT2D eigenvalue weighted by molar-refractivity contribution is -0.119. The van der Waals surface area contributed by atoms with Crippen molar-refractivity contribution in [1.29, 1.82) is 5.26 Å². The standard InChI is InChI=1S/C20H15N3OS/c1-13(18(24)10-11-21)14-6-8-15(9-7-14)16-12-23-17-4-2-3-5-19(17)25-20(23)22-16/h2-9,12-13H,10H2,1H3. The van der Waals surface area contributed by atoms with Gasteiger partial charge < -0.3 is 0 Å². The summed E-state index contributed by atoms with van der Waals surface area (Å²) in [4.78, 5) is 17.6. The molecule has 4 nitrogen and oxygen atoms in total. The third-order valence-corrected chi connectivity index (χ3v) is 5.48. The Morgan fingerprint density at radius 1 is 1.24 bits per heavy atom. The van der Waals surface area contributed by atoms with Crippen molar-refractivity contribution in [1.82, 2.24) is 9.38 Å². The smallest absolute Gasteiger partial charge is 0.195 e. The fourth-order valence-corrected chi connectivity index (χ4v) is 3.95. The van der Waals surface area contributed by atoms with E-state index in [0.29, 0.717) is 0 Å². The van der Waals surface area contributed by atoms with Crippen LogP contribution in [0.2, 0.25) is 0 Å². The SMILES string of the molecule is CC(C(=O)CC#N)c1ccc(-c2cn3c(n2)sc2ccccc23)cc1. The zero-order chi connectivity index (χ0) is 17.4. The van der Waals surface area contributed by atoms with Gasteiger partial charge in [0.05, 0.1) is 28.4 Å². The quantitative estimate of drug-likeness (QED) is 0.534. The van der Waals surface area contributed by atoms with E-state index in [1.165, 1.54) is 4.70 Å². The second kappa shape index (κ2) is 6.15. The van der Waals surface area contributed by atoms with Crippen molar-refractivity contribution in [2.45, 2.75) is 19.3 Å². The second-order valence-electron chi connectivity index (χ2n) is 5.99. The van der Waals surface area contributed by atoms with Gasteiger partial charge in [-0.1, -0.05) is 54.7 Å². The van der Waals surface area contributed by atoms with Crippen LogP contribution in [0.5, 0.6) is 0 Å². The molecule has 0 fully saturated rings. The van der Waals surface area contributed by atoms with E-state index in [9.17, 15) is 4.79 Å². The first-order chi connectivity index (χ1) is 12.2. The van der Waals surface area contributed by atoms with Crippen molar-refractivity contribution in [3.05, 3.63) is 60.3 Å². The van der Waals surface area contributed by atoms with E-state index >= 15 is 0 Å². The average molecular weight is 345 g/mol. The lowest BCUT2D eigenvalue weighted by Crippen LogP contribution is -2.07. The van der Waals surface area contributed by atoms with Crippen LogP contribution in [0.15, 0.2) is 54.7 Å². The molecule has 122 valence electrons. The highest BCUT2D eigenvalue weighted by atomic mass is 32.1. The summed E-state index contributed by atoms with van der Waals surface area (Å²) in [6.07, 6.45) is 2.00. The van der Waals surface area contributed by atoms with Gasteiger partial charge in [-0.05, 0) is 17.7 Å². The number of hydrogen-bond acceptors (Lipinski definition) is 4. The minimum absolute atomic E-state index is 0.0483. The molecule has 4 aromatic rings. The zero-order valence-corrected chi connectivity index (χ0v) is 14.5. The number of para-hydroxylation sites is 1. The highest BCUT2D eigenvalue weighted by Crippen LogP contribution is 2.30. The highest BCUT2D eigenvalue weighted by Gasteiger charge is 2.15. The number of carbonyl (C=O) groups excluding carboxylic acids is 1. The summed E-state index contributed by atoms with van der Waals surface area (Å²) in [6.45, 7) is 1.84. The lowest BCUT2D eigenvalue weighted by Gasteiger charge is -2.09. The van der Waals surface area contributed by atoms with Gasteiger partial charge in [-0.15, -0.1) is 0 Å². The molecule has 4 rings (SSSR count). The fraction of sp³-hybridized carbons (Fsp3) is 0.150. The lowest BCUT2D eigenvalue weighted by atomic mass is 9.94. The molecule has 0 aliphatic carbocycles. The minimum atomic E-state index is -0.261. The molecule has 0 spiro atoms. The molecule has 1 unspecified atom stereocenters. The molecule has 1 atom stereocenters. The molecule has 0 bridgehead atoms. The van der Waals surface area contributed by atoms with Crippen LogP contribution in [-0.4, -0.2) is 15.2 Å². The van der Waals surface area contributed by atoms with E-state index < -0.39 is 0 Å². The Kier molecular flexibility index (Phi) is 3.83. The number of benzene rings is 2. The number of carbonyl (C=O) groups is 1. The molecule has 0 aliphatic heterocycles. The summed E-state index contributed by atoms with van der Waals surface area (Å²) in [7, 11) is 0. The van der Waals surface area contributed by atoms with Crippen molar-refractivity contribution in [2.24, 2.45) is 0 Å². The molecule has 0 amide bonds. The largest absolute Gasteiger partial charge is 0.298 e. The Hall–Kier alpha value is -2.97. The minimum Gasteiger partial charge on any atom is -0.298 e. The second-order valence-corrected chi connectivity index (χ2v) is 7.00. The van der Waals surface area contributed by atoms with E-state index in [1.807, 2.05) is 55.6 Å². The van der Waals surface area contributed by atoms with Gasteiger partial charge in [0.2, 0.25) is 0 Å². The van der Waals surface area contributed by atoms with Crippen molar-refractivity contribution < 1.29 is 4.79 Å². The van der Waals surface area contributed by atoms with Crippen LogP contribution < -0.4 is 0 Å². The first-order valence-corrected chi connectivity index (χ1v) is 8.85. The molecule has 0 saturated carbocycles. The summed E-state index contributed by atoms with van der Waals surface area (Å²) in [5, 5.41) is 8.67. The fourth-order valence-electron chi connectivity index (χ4n) is 2.95. The molecular formula is C20H15N3OS. The third-order valence-electron chi connectivity index (χ3n) is 4.44. The molecule has 0 N–H and O–H groups in total. The van der Waals surface area contributed by atoms with Crippen LogP contribution >= 0.6 is 11.3 Å². The average Bonchev–Trinajstić information content (AvgIpc) is 3.19. The Labute approximate surface area is 149 Å². The number of nitrogens with zero attached hydrogens (tertiary/aromatic N) is 3. The van der Waals surface area contributed by atoms with Crippen LogP contribution in [0.25, 0.3) is 26.4 Å². The predicted octanol–water partition coefficient (Wildman–Crippen LogP) is 4.80. The summed E-state index contributed by atoms with van der Waals surface area (Å²) >= 11 is 1.67. The van der Waals surface area contributed by atoms with Crippen LogP contribution in [0.4, 0.5) is 0 Å². The van der Waals surface area contributed by atoms with Crippen LogP contribution in [0, 0.1) is 11.3 Å². The number of imidazole rings is 1. The van der Waals surface area contributed by atoms with Gasteiger partial charge in [0.1, 0.15) is 0 Å². The van der Waals surface area contributed by atoms with E-state index in [4.69, 9.17) is 10.2 Å². The van der Waals surface area contributed by atoms with Crippen LogP contribution in [-0.2, 0) is 4.79 Å². The highest BCUT2D eigenvalue weighted by molar-refractivity contribution is 7.23. The summed E-state index contributed by atoms with van der Waals surface area (Å²) in [5.41, 5.74) is 4.02. The van der Waals surface area contributed by atoms with E-state index in [0.717, 1.165) is 27.3 Å². The monoisotopic (exact) mass is 345 g/mol. The molecule has 0 saturated heterocycles. The number of fused-ring (bicyclic) bond motifs is 3. The van der Waals surface area contributed by atoms with Gasteiger partial charge in [-0.3, -0.25) is 9.20 Å². The molecule has 0 aliphatic rings. The van der Waals surface area contributed by atoms with E-state index in [2.05, 4.69) is 16.5 Å². The maximum Gasteiger partial charge on any atom is 0.195 e. The van der Waals surface area contributed by atoms with Crippen molar-refractivity contribution in [3.8, 4) is 17.3 Å². The topological polar surface area (TPSA) is 58.2 Å². The number of thiazole rings is 1. The van der Waals surface area contributed by atoms with Gasteiger partial charge in [0.25, 0.3) is 0 Å². The Morgan fingerprint density at radius 3 is 2.76 bits per heavy atom. The molecule has 2 aromatic carbocycles.